The van der Waals surface area contributed by atoms with Gasteiger partial charge in [-0.25, -0.2) is 14.8 Å². The number of hydrogen-bond donors (Lipinski definition) is 1. The van der Waals surface area contributed by atoms with E-state index in [1.54, 1.807) is 0 Å². The van der Waals surface area contributed by atoms with Crippen molar-refractivity contribution >= 4 is 39.1 Å². The highest BCUT2D eigenvalue weighted by Gasteiger charge is 2.34. The summed E-state index contributed by atoms with van der Waals surface area (Å²) in [5.41, 5.74) is -0.653. The molecule has 0 fully saturated rings. The van der Waals surface area contributed by atoms with Gasteiger partial charge in [0, 0.05) is 0 Å². The van der Waals surface area contributed by atoms with E-state index in [0.29, 0.717) is 0 Å². The summed E-state index contributed by atoms with van der Waals surface area (Å²) in [5, 5.41) is 8.39. The van der Waals surface area contributed by atoms with E-state index >= 15 is 0 Å². The minimum absolute atomic E-state index is 0.125. The summed E-state index contributed by atoms with van der Waals surface area (Å²) in [6.07, 6.45) is -4.55. The molecular formula is C8H2ClF3N2O2S. The van der Waals surface area contributed by atoms with Gasteiger partial charge >= 0.3 is 12.1 Å². The maximum absolute atomic E-state index is 12.4. The molecule has 4 nitrogen and oxygen atoms in total. The molecule has 17 heavy (non-hydrogen) atoms. The Balaban J connectivity index is 2.76. The monoisotopic (exact) mass is 282 g/mol. The van der Waals surface area contributed by atoms with Gasteiger partial charge in [0.2, 0.25) is 5.28 Å². The quantitative estimate of drug-likeness (QED) is 0.817. The molecule has 90 valence electrons. The van der Waals surface area contributed by atoms with Crippen LogP contribution < -0.4 is 0 Å². The molecular weight excluding hydrogens is 281 g/mol. The molecule has 0 atom stereocenters. The first-order valence-electron chi connectivity index (χ1n) is 4.06. The Morgan fingerprint density at radius 2 is 2.06 bits per heavy atom. The number of alkyl halides is 3. The van der Waals surface area contributed by atoms with Crippen molar-refractivity contribution in [3.05, 3.63) is 21.9 Å². The van der Waals surface area contributed by atoms with E-state index in [1.165, 1.54) is 0 Å². The molecule has 2 aromatic rings. The van der Waals surface area contributed by atoms with E-state index in [4.69, 9.17) is 16.7 Å². The lowest BCUT2D eigenvalue weighted by Crippen LogP contribution is -2.01. The van der Waals surface area contributed by atoms with Crippen molar-refractivity contribution in [3.8, 4) is 0 Å². The van der Waals surface area contributed by atoms with E-state index < -0.39 is 28.0 Å². The average molecular weight is 283 g/mol. The number of nitrogens with zero attached hydrogens (tertiary/aromatic N) is 2. The van der Waals surface area contributed by atoms with Crippen molar-refractivity contribution in [2.24, 2.45) is 0 Å². The van der Waals surface area contributed by atoms with Crippen molar-refractivity contribution < 1.29 is 23.1 Å². The Morgan fingerprint density at radius 3 is 2.59 bits per heavy atom. The van der Waals surface area contributed by atoms with Crippen LogP contribution in [0.5, 0.6) is 0 Å². The Bertz CT molecular complexity index is 611. The molecule has 0 saturated heterocycles. The lowest BCUT2D eigenvalue weighted by molar-refractivity contribution is -0.134. The molecule has 2 rings (SSSR count). The number of rotatable bonds is 1. The predicted octanol–water partition coefficient (Wildman–Crippen LogP) is 3.06. The molecule has 0 aliphatic heterocycles. The highest BCUT2D eigenvalue weighted by atomic mass is 35.5. The first-order chi connectivity index (χ1) is 7.79. The van der Waals surface area contributed by atoms with E-state index in [9.17, 15) is 18.0 Å². The topological polar surface area (TPSA) is 63.1 Å². The minimum Gasteiger partial charge on any atom is -0.476 e. The zero-order chi connectivity index (χ0) is 12.8. The molecule has 0 aliphatic carbocycles. The molecule has 0 spiro atoms. The Kier molecular flexibility index (Phi) is 2.70. The Hall–Kier alpha value is -1.41. The molecule has 0 aromatic carbocycles. The number of aromatic nitrogens is 2. The van der Waals surface area contributed by atoms with Crippen LogP contribution in [0.1, 0.15) is 15.4 Å². The van der Waals surface area contributed by atoms with Crippen LogP contribution in [0, 0.1) is 0 Å². The highest BCUT2D eigenvalue weighted by molar-refractivity contribution is 7.19. The lowest BCUT2D eigenvalue weighted by atomic mass is 10.3. The van der Waals surface area contributed by atoms with Gasteiger partial charge in [0.1, 0.15) is 4.88 Å². The summed E-state index contributed by atoms with van der Waals surface area (Å²) in [4.78, 5) is 16.8. The van der Waals surface area contributed by atoms with Crippen LogP contribution >= 0.6 is 22.9 Å². The van der Waals surface area contributed by atoms with Gasteiger partial charge in [0.15, 0.2) is 5.69 Å². The van der Waals surface area contributed by atoms with E-state index in [-0.39, 0.29) is 21.6 Å². The fraction of sp³-hybridized carbons (Fsp3) is 0.125. The van der Waals surface area contributed by atoms with Crippen LogP contribution in [0.3, 0.4) is 0 Å². The van der Waals surface area contributed by atoms with Crippen molar-refractivity contribution in [2.75, 3.05) is 0 Å². The van der Waals surface area contributed by atoms with Crippen LogP contribution in [0.15, 0.2) is 6.07 Å². The third-order valence-corrected chi connectivity index (χ3v) is 3.17. The molecule has 2 heterocycles. The van der Waals surface area contributed by atoms with Crippen molar-refractivity contribution in [2.45, 2.75) is 6.18 Å². The van der Waals surface area contributed by atoms with E-state index in [0.717, 1.165) is 6.07 Å². The third-order valence-electron chi connectivity index (χ3n) is 1.83. The number of hydrogen-bond acceptors (Lipinski definition) is 4. The summed E-state index contributed by atoms with van der Waals surface area (Å²) in [7, 11) is 0. The molecule has 0 saturated carbocycles. The fourth-order valence-corrected chi connectivity index (χ4v) is 2.31. The summed E-state index contributed by atoms with van der Waals surface area (Å²) >= 11 is 5.71. The number of aromatic carboxylic acids is 1. The molecule has 0 amide bonds. The van der Waals surface area contributed by atoms with Crippen molar-refractivity contribution in [1.82, 2.24) is 9.97 Å². The zero-order valence-electron chi connectivity index (χ0n) is 7.75. The number of carboxylic acids is 1. The summed E-state index contributed by atoms with van der Waals surface area (Å²) in [6, 6.07) is 0.750. The maximum Gasteiger partial charge on any atom is 0.425 e. The standard InChI is InChI=1S/C8H2ClF3N2O2S/c9-7-13-2-1-3(8(10,11)12)17-5(2)4(14-7)6(15)16/h1H,(H,15,16). The predicted molar refractivity (Wildman–Crippen MR) is 54.4 cm³/mol. The molecule has 0 radical (unpaired) electrons. The normalized spacial score (nSPS) is 12.0. The van der Waals surface area contributed by atoms with Gasteiger partial charge in [-0.15, -0.1) is 11.3 Å². The summed E-state index contributed by atoms with van der Waals surface area (Å²) in [6.45, 7) is 0. The molecule has 0 unspecified atom stereocenters. The van der Waals surface area contributed by atoms with Gasteiger partial charge in [-0.2, -0.15) is 13.2 Å². The van der Waals surface area contributed by atoms with Crippen molar-refractivity contribution in [1.29, 1.82) is 0 Å². The Morgan fingerprint density at radius 1 is 1.41 bits per heavy atom. The number of carboxylic acid groups (broad SMARTS) is 1. The minimum atomic E-state index is -4.55. The second-order valence-corrected chi connectivity index (χ2v) is 4.36. The number of thiophene rings is 1. The highest BCUT2D eigenvalue weighted by Crippen LogP contribution is 2.38. The van der Waals surface area contributed by atoms with Crippen LogP contribution in [0.4, 0.5) is 13.2 Å². The largest absolute Gasteiger partial charge is 0.476 e. The van der Waals surface area contributed by atoms with E-state index in [1.807, 2.05) is 0 Å². The maximum atomic E-state index is 12.4. The Labute approximate surface area is 101 Å². The molecule has 1 N–H and O–H groups in total. The average Bonchev–Trinajstić information content (AvgIpc) is 2.58. The summed E-state index contributed by atoms with van der Waals surface area (Å²) in [5.74, 6) is -1.45. The summed E-state index contributed by atoms with van der Waals surface area (Å²) < 4.78 is 37.2. The first kappa shape index (κ1) is 12.1. The van der Waals surface area contributed by atoms with Gasteiger partial charge in [-0.3, -0.25) is 0 Å². The number of fused-ring (bicyclic) bond motifs is 1. The smallest absolute Gasteiger partial charge is 0.425 e. The molecule has 0 bridgehead atoms. The van der Waals surface area contributed by atoms with Gasteiger partial charge in [-0.05, 0) is 17.7 Å². The van der Waals surface area contributed by atoms with Gasteiger partial charge in [0.05, 0.1) is 10.2 Å². The lowest BCUT2D eigenvalue weighted by Gasteiger charge is -1.99. The van der Waals surface area contributed by atoms with Crippen LogP contribution in [-0.2, 0) is 6.18 Å². The van der Waals surface area contributed by atoms with Gasteiger partial charge in [0.25, 0.3) is 0 Å². The van der Waals surface area contributed by atoms with Crippen LogP contribution in [-0.4, -0.2) is 21.0 Å². The number of halogens is 4. The third kappa shape index (κ3) is 2.18. The SMILES string of the molecule is O=C(O)c1nc(Cl)nc2cc(C(F)(F)F)sc12. The molecule has 2 aromatic heterocycles. The fourth-order valence-electron chi connectivity index (χ4n) is 1.19. The number of carbonyl (C=O) groups is 1. The molecule has 0 aliphatic rings. The molecule has 9 heteroatoms. The van der Waals surface area contributed by atoms with Gasteiger partial charge in [-0.1, -0.05) is 0 Å². The zero-order valence-corrected chi connectivity index (χ0v) is 9.32. The van der Waals surface area contributed by atoms with Crippen LogP contribution in [0.2, 0.25) is 5.28 Å². The van der Waals surface area contributed by atoms with Crippen LogP contribution in [0.25, 0.3) is 10.2 Å². The van der Waals surface area contributed by atoms with Gasteiger partial charge < -0.3 is 5.11 Å². The van der Waals surface area contributed by atoms with Crippen molar-refractivity contribution in [3.63, 3.8) is 0 Å². The first-order valence-corrected chi connectivity index (χ1v) is 5.26. The van der Waals surface area contributed by atoms with E-state index in [2.05, 4.69) is 9.97 Å². The second kappa shape index (κ2) is 3.81. The second-order valence-electron chi connectivity index (χ2n) is 2.97.